The molecule has 0 spiro atoms. The van der Waals surface area contributed by atoms with Gasteiger partial charge in [0.2, 0.25) is 0 Å². The van der Waals surface area contributed by atoms with Gasteiger partial charge in [0.1, 0.15) is 17.3 Å². The summed E-state index contributed by atoms with van der Waals surface area (Å²) in [6.07, 6.45) is 0.775. The van der Waals surface area contributed by atoms with E-state index in [9.17, 15) is 14.0 Å². The number of anilines is 2. The Kier molecular flexibility index (Phi) is 4.55. The number of hydrogen-bond donors (Lipinski definition) is 0. The standard InChI is InChI=1S/C25H19FN2O3/c1-31-20-11-9-17(10-12-20)22-23(27-14-13-16-5-2-3-8-21(16)27)25(30)28(24(22)29)19-7-4-6-18(26)15-19/h2-12,15H,13-14H2,1H3. The van der Waals surface area contributed by atoms with E-state index >= 15 is 0 Å². The molecule has 31 heavy (non-hydrogen) atoms. The van der Waals surface area contributed by atoms with E-state index in [1.807, 2.05) is 29.2 Å². The number of halogens is 1. The molecule has 0 radical (unpaired) electrons. The maximum atomic E-state index is 13.9. The van der Waals surface area contributed by atoms with Crippen LogP contribution in [0.3, 0.4) is 0 Å². The molecule has 6 heteroatoms. The Morgan fingerprint density at radius 1 is 0.903 bits per heavy atom. The highest BCUT2D eigenvalue weighted by Crippen LogP contribution is 2.40. The molecule has 3 aromatic rings. The summed E-state index contributed by atoms with van der Waals surface area (Å²) in [5, 5.41) is 0. The van der Waals surface area contributed by atoms with Crippen molar-refractivity contribution in [3.63, 3.8) is 0 Å². The molecule has 5 nitrogen and oxygen atoms in total. The molecule has 0 aromatic heterocycles. The van der Waals surface area contributed by atoms with Gasteiger partial charge in [0.05, 0.1) is 18.4 Å². The van der Waals surface area contributed by atoms with Crippen LogP contribution in [0.1, 0.15) is 11.1 Å². The molecule has 2 aliphatic heterocycles. The largest absolute Gasteiger partial charge is 0.497 e. The van der Waals surface area contributed by atoms with Gasteiger partial charge in [-0.3, -0.25) is 9.59 Å². The quantitative estimate of drug-likeness (QED) is 0.601. The SMILES string of the molecule is COc1ccc(C2=C(N3CCc4ccccc43)C(=O)N(c3cccc(F)c3)C2=O)cc1. The van der Waals surface area contributed by atoms with Gasteiger partial charge in [0.15, 0.2) is 0 Å². The van der Waals surface area contributed by atoms with Crippen molar-refractivity contribution in [2.75, 3.05) is 23.5 Å². The summed E-state index contributed by atoms with van der Waals surface area (Å²) in [5.74, 6) is -0.793. The van der Waals surface area contributed by atoms with Gasteiger partial charge in [-0.2, -0.15) is 0 Å². The van der Waals surface area contributed by atoms with Crippen LogP contribution < -0.4 is 14.5 Å². The normalized spacial score (nSPS) is 15.7. The first-order valence-corrected chi connectivity index (χ1v) is 9.97. The molecule has 2 heterocycles. The number of amides is 2. The molecule has 0 bridgehead atoms. The Labute approximate surface area is 179 Å². The molecule has 2 aliphatic rings. The average molecular weight is 414 g/mol. The molecule has 2 amide bonds. The lowest BCUT2D eigenvalue weighted by atomic mass is 10.0. The van der Waals surface area contributed by atoms with Crippen molar-refractivity contribution >= 4 is 28.8 Å². The van der Waals surface area contributed by atoms with E-state index in [0.717, 1.165) is 22.6 Å². The van der Waals surface area contributed by atoms with E-state index in [4.69, 9.17) is 4.74 Å². The van der Waals surface area contributed by atoms with Crippen molar-refractivity contribution in [3.05, 3.63) is 95.4 Å². The minimum atomic E-state index is -0.510. The van der Waals surface area contributed by atoms with Crippen LogP contribution in [0.15, 0.2) is 78.5 Å². The van der Waals surface area contributed by atoms with Crippen LogP contribution >= 0.6 is 0 Å². The molecule has 0 unspecified atom stereocenters. The number of fused-ring (bicyclic) bond motifs is 1. The highest BCUT2D eigenvalue weighted by Gasteiger charge is 2.44. The number of benzene rings is 3. The Bertz CT molecular complexity index is 1230. The molecule has 154 valence electrons. The highest BCUT2D eigenvalue weighted by atomic mass is 19.1. The van der Waals surface area contributed by atoms with Gasteiger partial charge < -0.3 is 9.64 Å². The van der Waals surface area contributed by atoms with Crippen LogP contribution in [0.4, 0.5) is 15.8 Å². The van der Waals surface area contributed by atoms with Gasteiger partial charge in [0.25, 0.3) is 11.8 Å². The van der Waals surface area contributed by atoms with Crippen molar-refractivity contribution in [2.24, 2.45) is 0 Å². The maximum absolute atomic E-state index is 13.9. The van der Waals surface area contributed by atoms with Crippen LogP contribution in [0, 0.1) is 5.82 Å². The summed E-state index contributed by atoms with van der Waals surface area (Å²) in [7, 11) is 1.57. The van der Waals surface area contributed by atoms with E-state index in [1.165, 1.54) is 18.2 Å². The second-order valence-corrected chi connectivity index (χ2v) is 7.41. The fourth-order valence-electron chi connectivity index (χ4n) is 4.21. The topological polar surface area (TPSA) is 49.9 Å². The Morgan fingerprint density at radius 2 is 1.68 bits per heavy atom. The van der Waals surface area contributed by atoms with E-state index in [0.29, 0.717) is 29.1 Å². The molecule has 0 atom stereocenters. The van der Waals surface area contributed by atoms with E-state index in [1.54, 1.807) is 37.4 Å². The fraction of sp³-hybridized carbons (Fsp3) is 0.120. The van der Waals surface area contributed by atoms with Crippen molar-refractivity contribution in [2.45, 2.75) is 6.42 Å². The summed E-state index contributed by atoms with van der Waals surface area (Å²) in [5.41, 5.74) is 3.46. The molecule has 0 saturated heterocycles. The summed E-state index contributed by atoms with van der Waals surface area (Å²) in [6.45, 7) is 0.588. The van der Waals surface area contributed by atoms with Crippen molar-refractivity contribution < 1.29 is 18.7 Å². The van der Waals surface area contributed by atoms with Gasteiger partial charge >= 0.3 is 0 Å². The summed E-state index contributed by atoms with van der Waals surface area (Å²) in [4.78, 5) is 30.1. The predicted molar refractivity (Wildman–Crippen MR) is 116 cm³/mol. The van der Waals surface area contributed by atoms with Crippen LogP contribution in [0.5, 0.6) is 5.75 Å². The second kappa shape index (κ2) is 7.40. The number of carbonyl (C=O) groups is 2. The number of carbonyl (C=O) groups excluding carboxylic acids is 2. The lowest BCUT2D eigenvalue weighted by molar-refractivity contribution is -0.120. The molecule has 0 N–H and O–H groups in total. The first-order chi connectivity index (χ1) is 15.1. The lowest BCUT2D eigenvalue weighted by Crippen LogP contribution is -2.34. The Morgan fingerprint density at radius 3 is 2.42 bits per heavy atom. The summed E-state index contributed by atoms with van der Waals surface area (Å²) < 4.78 is 19.1. The van der Waals surface area contributed by atoms with Gasteiger partial charge in [-0.15, -0.1) is 0 Å². The molecule has 3 aromatic carbocycles. The van der Waals surface area contributed by atoms with Crippen molar-refractivity contribution in [1.82, 2.24) is 0 Å². The number of ether oxygens (including phenoxy) is 1. The monoisotopic (exact) mass is 414 g/mol. The summed E-state index contributed by atoms with van der Waals surface area (Å²) in [6, 6.07) is 20.4. The fourth-order valence-corrected chi connectivity index (χ4v) is 4.21. The average Bonchev–Trinajstić information content (AvgIpc) is 3.31. The molecular weight excluding hydrogens is 395 g/mol. The second-order valence-electron chi connectivity index (χ2n) is 7.41. The molecule has 0 saturated carbocycles. The molecule has 0 fully saturated rings. The first-order valence-electron chi connectivity index (χ1n) is 9.97. The summed E-state index contributed by atoms with van der Waals surface area (Å²) >= 11 is 0. The van der Waals surface area contributed by atoms with E-state index < -0.39 is 17.6 Å². The lowest BCUT2D eigenvalue weighted by Gasteiger charge is -2.21. The number of hydrogen-bond acceptors (Lipinski definition) is 4. The van der Waals surface area contributed by atoms with Gasteiger partial charge in [-0.05, 0) is 53.9 Å². The van der Waals surface area contributed by atoms with E-state index in [2.05, 4.69) is 0 Å². The smallest absolute Gasteiger partial charge is 0.282 e. The zero-order valence-electron chi connectivity index (χ0n) is 16.8. The van der Waals surface area contributed by atoms with Crippen LogP contribution in [0.2, 0.25) is 0 Å². The van der Waals surface area contributed by atoms with Crippen molar-refractivity contribution in [1.29, 1.82) is 0 Å². The Hall–Kier alpha value is -3.93. The van der Waals surface area contributed by atoms with E-state index in [-0.39, 0.29) is 5.69 Å². The van der Waals surface area contributed by atoms with Crippen LogP contribution in [0.25, 0.3) is 5.57 Å². The van der Waals surface area contributed by atoms with Crippen molar-refractivity contribution in [3.8, 4) is 5.75 Å². The third kappa shape index (κ3) is 3.08. The minimum absolute atomic E-state index is 0.212. The zero-order chi connectivity index (χ0) is 21.5. The highest BCUT2D eigenvalue weighted by molar-refractivity contribution is 6.46. The third-order valence-corrected chi connectivity index (χ3v) is 5.66. The molecule has 0 aliphatic carbocycles. The number of para-hydroxylation sites is 1. The number of nitrogens with zero attached hydrogens (tertiary/aromatic N) is 2. The number of methoxy groups -OCH3 is 1. The minimum Gasteiger partial charge on any atom is -0.497 e. The third-order valence-electron chi connectivity index (χ3n) is 5.66. The number of rotatable bonds is 4. The molecular formula is C25H19FN2O3. The zero-order valence-corrected chi connectivity index (χ0v) is 16.8. The number of imide groups is 1. The Balaban J connectivity index is 1.68. The maximum Gasteiger partial charge on any atom is 0.282 e. The van der Waals surface area contributed by atoms with Gasteiger partial charge in [-0.1, -0.05) is 36.4 Å². The first kappa shape index (κ1) is 19.1. The predicted octanol–water partition coefficient (Wildman–Crippen LogP) is 4.18. The van der Waals surface area contributed by atoms with Gasteiger partial charge in [-0.25, -0.2) is 9.29 Å². The van der Waals surface area contributed by atoms with Gasteiger partial charge in [0, 0.05) is 12.2 Å². The molecule has 5 rings (SSSR count). The van der Waals surface area contributed by atoms with Crippen LogP contribution in [-0.4, -0.2) is 25.5 Å². The van der Waals surface area contributed by atoms with Crippen LogP contribution in [-0.2, 0) is 16.0 Å².